The number of ether oxygens (including phenoxy) is 1. The van der Waals surface area contributed by atoms with Crippen LogP contribution in [-0.2, 0) is 10.0 Å². The molecule has 0 bridgehead atoms. The first-order chi connectivity index (χ1) is 13.4. The van der Waals surface area contributed by atoms with Crippen molar-refractivity contribution in [1.29, 1.82) is 0 Å². The van der Waals surface area contributed by atoms with Gasteiger partial charge in [0.2, 0.25) is 10.0 Å². The van der Waals surface area contributed by atoms with E-state index in [4.69, 9.17) is 39.5 Å². The second-order valence-electron chi connectivity index (χ2n) is 6.45. The van der Waals surface area contributed by atoms with Crippen LogP contribution in [0.3, 0.4) is 0 Å². The number of halogens is 3. The van der Waals surface area contributed by atoms with Crippen molar-refractivity contribution in [3.05, 3.63) is 57.5 Å². The molecule has 1 saturated heterocycles. The van der Waals surface area contributed by atoms with E-state index in [9.17, 15) is 8.42 Å². The molecule has 0 amide bonds. The van der Waals surface area contributed by atoms with Crippen molar-refractivity contribution >= 4 is 44.8 Å². The maximum Gasteiger partial charge on any atom is 0.243 e. The molecule has 0 spiro atoms. The molecule has 5 nitrogen and oxygen atoms in total. The van der Waals surface area contributed by atoms with Crippen molar-refractivity contribution in [3.8, 4) is 5.75 Å². The van der Waals surface area contributed by atoms with E-state index in [1.807, 2.05) is 18.2 Å². The van der Waals surface area contributed by atoms with E-state index in [1.165, 1.54) is 22.5 Å². The fraction of sp³-hybridized carbons (Fsp3) is 0.368. The second kappa shape index (κ2) is 9.65. The van der Waals surface area contributed by atoms with E-state index in [0.29, 0.717) is 48.6 Å². The number of benzene rings is 2. The molecule has 2 aromatic rings. The molecule has 9 heteroatoms. The van der Waals surface area contributed by atoms with Gasteiger partial charge < -0.3 is 9.64 Å². The zero-order chi connectivity index (χ0) is 20.1. The van der Waals surface area contributed by atoms with Gasteiger partial charge in [-0.2, -0.15) is 4.31 Å². The molecule has 0 aromatic heterocycles. The van der Waals surface area contributed by atoms with E-state index in [1.54, 1.807) is 6.07 Å². The minimum Gasteiger partial charge on any atom is -0.492 e. The van der Waals surface area contributed by atoms with Crippen molar-refractivity contribution in [3.63, 3.8) is 0 Å². The average molecular weight is 464 g/mol. The van der Waals surface area contributed by atoms with Crippen LogP contribution in [-0.4, -0.2) is 57.0 Å². The highest BCUT2D eigenvalue weighted by atomic mass is 35.5. The van der Waals surface area contributed by atoms with Gasteiger partial charge >= 0.3 is 0 Å². The first-order valence-electron chi connectivity index (χ1n) is 8.93. The fourth-order valence-corrected chi connectivity index (χ4v) is 5.01. The number of piperazine rings is 1. The molecule has 1 fully saturated rings. The van der Waals surface area contributed by atoms with Gasteiger partial charge in [-0.3, -0.25) is 0 Å². The van der Waals surface area contributed by atoms with Crippen molar-refractivity contribution in [2.24, 2.45) is 0 Å². The largest absolute Gasteiger partial charge is 0.492 e. The molecule has 0 N–H and O–H groups in total. The predicted octanol–water partition coefficient (Wildman–Crippen LogP) is 4.42. The van der Waals surface area contributed by atoms with Crippen molar-refractivity contribution in [1.82, 2.24) is 9.21 Å². The first kappa shape index (κ1) is 21.7. The molecule has 3 rings (SSSR count). The summed E-state index contributed by atoms with van der Waals surface area (Å²) in [4.78, 5) is 2.40. The number of sulfonamides is 1. The van der Waals surface area contributed by atoms with E-state index in [-0.39, 0.29) is 9.92 Å². The van der Waals surface area contributed by atoms with Gasteiger partial charge in [0.25, 0.3) is 0 Å². The van der Waals surface area contributed by atoms with Crippen LogP contribution >= 0.6 is 34.8 Å². The molecule has 0 unspecified atom stereocenters. The zero-order valence-corrected chi connectivity index (χ0v) is 18.2. The van der Waals surface area contributed by atoms with Crippen LogP contribution < -0.4 is 4.74 Å². The van der Waals surface area contributed by atoms with Crippen LogP contribution in [0.4, 0.5) is 0 Å². The Morgan fingerprint density at radius 1 is 0.893 bits per heavy atom. The predicted molar refractivity (Wildman–Crippen MR) is 113 cm³/mol. The lowest BCUT2D eigenvalue weighted by Crippen LogP contribution is -2.48. The zero-order valence-electron chi connectivity index (χ0n) is 15.2. The second-order valence-corrected chi connectivity index (χ2v) is 9.61. The molecule has 0 aliphatic carbocycles. The molecule has 2 aromatic carbocycles. The van der Waals surface area contributed by atoms with Gasteiger partial charge in [0, 0.05) is 32.7 Å². The van der Waals surface area contributed by atoms with Gasteiger partial charge in [-0.1, -0.05) is 46.9 Å². The quantitative estimate of drug-likeness (QED) is 0.570. The Morgan fingerprint density at radius 3 is 2.29 bits per heavy atom. The maximum absolute atomic E-state index is 12.8. The van der Waals surface area contributed by atoms with Crippen LogP contribution in [0.25, 0.3) is 0 Å². The minimum atomic E-state index is -3.57. The lowest BCUT2D eigenvalue weighted by Gasteiger charge is -2.34. The maximum atomic E-state index is 12.8. The lowest BCUT2D eigenvalue weighted by atomic mass is 10.3. The lowest BCUT2D eigenvalue weighted by molar-refractivity contribution is 0.174. The van der Waals surface area contributed by atoms with Crippen molar-refractivity contribution < 1.29 is 13.2 Å². The topological polar surface area (TPSA) is 49.9 Å². The SMILES string of the molecule is O=S(=O)(c1ccc(Cl)c(Cl)c1)N1CCN(CCCOc2ccccc2Cl)CC1. The number of rotatable bonds is 7. The van der Waals surface area contributed by atoms with E-state index in [0.717, 1.165) is 13.0 Å². The molecule has 1 aliphatic rings. The van der Waals surface area contributed by atoms with Gasteiger partial charge in [-0.05, 0) is 36.8 Å². The van der Waals surface area contributed by atoms with Gasteiger partial charge in [0.15, 0.2) is 0 Å². The molecule has 0 saturated carbocycles. The highest BCUT2D eigenvalue weighted by Crippen LogP contribution is 2.27. The third kappa shape index (κ3) is 5.32. The Morgan fingerprint density at radius 2 is 1.61 bits per heavy atom. The highest BCUT2D eigenvalue weighted by molar-refractivity contribution is 7.89. The fourth-order valence-electron chi connectivity index (χ4n) is 3.01. The smallest absolute Gasteiger partial charge is 0.243 e. The number of nitrogens with zero attached hydrogens (tertiary/aromatic N) is 2. The molecule has 0 atom stereocenters. The summed E-state index contributed by atoms with van der Waals surface area (Å²) in [6, 6.07) is 11.8. The summed E-state index contributed by atoms with van der Waals surface area (Å²) in [5.74, 6) is 0.682. The number of para-hydroxylation sites is 1. The van der Waals surface area contributed by atoms with Gasteiger partial charge in [-0.15, -0.1) is 0 Å². The molecular weight excluding hydrogens is 443 g/mol. The summed E-state index contributed by atoms with van der Waals surface area (Å²) in [5.41, 5.74) is 0. The summed E-state index contributed by atoms with van der Waals surface area (Å²) >= 11 is 17.9. The summed E-state index contributed by atoms with van der Waals surface area (Å²) in [7, 11) is -3.57. The van der Waals surface area contributed by atoms with Gasteiger partial charge in [0.1, 0.15) is 5.75 Å². The van der Waals surface area contributed by atoms with Gasteiger partial charge in [0.05, 0.1) is 26.6 Å². The van der Waals surface area contributed by atoms with Crippen LogP contribution in [0.15, 0.2) is 47.4 Å². The Kier molecular flexibility index (Phi) is 7.48. The summed E-state index contributed by atoms with van der Waals surface area (Å²) < 4.78 is 32.7. The summed E-state index contributed by atoms with van der Waals surface area (Å²) in [6.45, 7) is 3.62. The molecule has 1 aliphatic heterocycles. The number of hydrogen-bond acceptors (Lipinski definition) is 4. The van der Waals surface area contributed by atoms with Crippen LogP contribution in [0.5, 0.6) is 5.75 Å². The Labute approximate surface area is 180 Å². The van der Waals surface area contributed by atoms with Crippen molar-refractivity contribution in [2.75, 3.05) is 39.3 Å². The van der Waals surface area contributed by atoms with E-state index < -0.39 is 10.0 Å². The molecular formula is C19H21Cl3N2O3S. The first-order valence-corrected chi connectivity index (χ1v) is 11.5. The average Bonchev–Trinajstić information content (AvgIpc) is 2.69. The Bertz CT molecular complexity index is 916. The minimum absolute atomic E-state index is 0.170. The monoisotopic (exact) mass is 462 g/mol. The molecule has 28 heavy (non-hydrogen) atoms. The Hall–Kier alpha value is -1.02. The third-order valence-electron chi connectivity index (χ3n) is 4.57. The molecule has 152 valence electrons. The van der Waals surface area contributed by atoms with E-state index in [2.05, 4.69) is 4.90 Å². The molecule has 0 radical (unpaired) electrons. The normalized spacial score (nSPS) is 16.2. The van der Waals surface area contributed by atoms with Crippen molar-refractivity contribution in [2.45, 2.75) is 11.3 Å². The number of hydrogen-bond donors (Lipinski definition) is 0. The summed E-state index contributed by atoms with van der Waals surface area (Å²) in [6.07, 6.45) is 0.838. The highest BCUT2D eigenvalue weighted by Gasteiger charge is 2.28. The third-order valence-corrected chi connectivity index (χ3v) is 7.52. The standard InChI is InChI=1S/C19H21Cl3N2O3S/c20-16-7-6-15(14-18(16)22)28(25,26)24-11-9-23(10-12-24)8-3-13-27-19-5-2-1-4-17(19)21/h1-2,4-7,14H,3,8-13H2. The Balaban J connectivity index is 1.46. The summed E-state index contributed by atoms with van der Waals surface area (Å²) in [5, 5.41) is 1.17. The van der Waals surface area contributed by atoms with Gasteiger partial charge in [-0.25, -0.2) is 8.42 Å². The van der Waals surface area contributed by atoms with Crippen LogP contribution in [0.2, 0.25) is 15.1 Å². The van der Waals surface area contributed by atoms with Crippen LogP contribution in [0.1, 0.15) is 6.42 Å². The van der Waals surface area contributed by atoms with Crippen LogP contribution in [0, 0.1) is 0 Å². The van der Waals surface area contributed by atoms with E-state index >= 15 is 0 Å². The molecule has 1 heterocycles.